The van der Waals surface area contributed by atoms with Gasteiger partial charge >= 0.3 is 0 Å². The van der Waals surface area contributed by atoms with Gasteiger partial charge in [-0.1, -0.05) is 6.92 Å². The zero-order valence-corrected chi connectivity index (χ0v) is 10.5. The Kier molecular flexibility index (Phi) is 5.02. The maximum absolute atomic E-state index is 11.4. The average Bonchev–Trinajstić information content (AvgIpc) is 2.67. The first-order valence-corrected chi connectivity index (χ1v) is 7.42. The van der Waals surface area contributed by atoms with Crippen LogP contribution in [0.3, 0.4) is 0 Å². The van der Waals surface area contributed by atoms with E-state index in [1.54, 1.807) is 0 Å². The molecule has 0 amide bonds. The summed E-state index contributed by atoms with van der Waals surface area (Å²) in [6, 6.07) is 0.319. The average molecular weight is 234 g/mol. The summed E-state index contributed by atoms with van der Waals surface area (Å²) in [5, 5.41) is 0. The van der Waals surface area contributed by atoms with Gasteiger partial charge in [-0.3, -0.25) is 4.90 Å². The largest absolute Gasteiger partial charge is 0.299 e. The first-order chi connectivity index (χ1) is 7.05. The van der Waals surface area contributed by atoms with E-state index in [1.807, 2.05) is 6.92 Å². The first kappa shape index (κ1) is 12.9. The number of rotatable bonds is 6. The summed E-state index contributed by atoms with van der Waals surface area (Å²) in [7, 11) is -3.03. The molecule has 4 nitrogen and oxygen atoms in total. The monoisotopic (exact) mass is 234 g/mol. The van der Waals surface area contributed by atoms with E-state index < -0.39 is 10.0 Å². The van der Waals surface area contributed by atoms with Gasteiger partial charge in [0.1, 0.15) is 0 Å². The molecule has 1 unspecified atom stereocenters. The summed E-state index contributed by atoms with van der Waals surface area (Å²) >= 11 is 0. The number of hydrogen-bond acceptors (Lipinski definition) is 3. The Bertz CT molecular complexity index is 271. The highest BCUT2D eigenvalue weighted by Crippen LogP contribution is 2.10. The van der Waals surface area contributed by atoms with Crippen LogP contribution in [0.5, 0.6) is 0 Å². The maximum Gasteiger partial charge on any atom is 0.211 e. The quantitative estimate of drug-likeness (QED) is 0.739. The molecule has 1 aliphatic heterocycles. The molecule has 0 aromatic heterocycles. The normalized spacial score (nSPS) is 20.7. The smallest absolute Gasteiger partial charge is 0.211 e. The van der Waals surface area contributed by atoms with E-state index in [4.69, 9.17) is 0 Å². The van der Waals surface area contributed by atoms with Gasteiger partial charge in [0.25, 0.3) is 0 Å². The van der Waals surface area contributed by atoms with Gasteiger partial charge in [0.15, 0.2) is 0 Å². The van der Waals surface area contributed by atoms with Crippen molar-refractivity contribution in [2.24, 2.45) is 0 Å². The minimum absolute atomic E-state index is 0.236. The van der Waals surface area contributed by atoms with Crippen molar-refractivity contribution in [1.29, 1.82) is 0 Å². The SMILES string of the molecule is CCCS(=O)(=O)NCC(C)N1CCCC1. The molecule has 90 valence electrons. The molecule has 0 radical (unpaired) electrons. The molecule has 5 heteroatoms. The Hall–Kier alpha value is -0.130. The third-order valence-electron chi connectivity index (χ3n) is 2.84. The third-order valence-corrected chi connectivity index (χ3v) is 4.39. The summed E-state index contributed by atoms with van der Waals surface area (Å²) in [6.07, 6.45) is 3.16. The first-order valence-electron chi connectivity index (χ1n) is 5.76. The molecule has 15 heavy (non-hydrogen) atoms. The van der Waals surface area contributed by atoms with E-state index in [-0.39, 0.29) is 5.75 Å². The predicted molar refractivity (Wildman–Crippen MR) is 62.3 cm³/mol. The molecule has 0 aromatic carbocycles. The topological polar surface area (TPSA) is 49.4 Å². The van der Waals surface area contributed by atoms with Gasteiger partial charge in [-0.05, 0) is 39.3 Å². The molecule has 0 spiro atoms. The molecule has 0 aliphatic carbocycles. The molecule has 0 bridgehead atoms. The third kappa shape index (κ3) is 4.49. The second-order valence-electron chi connectivity index (χ2n) is 4.26. The number of nitrogens with one attached hydrogen (secondary N) is 1. The minimum atomic E-state index is -3.03. The lowest BCUT2D eigenvalue weighted by Crippen LogP contribution is -2.41. The molecular weight excluding hydrogens is 212 g/mol. The second kappa shape index (κ2) is 5.82. The fourth-order valence-electron chi connectivity index (χ4n) is 1.90. The van der Waals surface area contributed by atoms with Crippen LogP contribution < -0.4 is 4.72 Å². The fraction of sp³-hybridized carbons (Fsp3) is 1.00. The highest BCUT2D eigenvalue weighted by molar-refractivity contribution is 7.89. The van der Waals surface area contributed by atoms with Crippen LogP contribution in [-0.4, -0.2) is 44.7 Å². The molecule has 0 saturated carbocycles. The predicted octanol–water partition coefficient (Wildman–Crippen LogP) is 0.800. The van der Waals surface area contributed by atoms with Crippen LogP contribution in [0.15, 0.2) is 0 Å². The van der Waals surface area contributed by atoms with Crippen LogP contribution in [0.25, 0.3) is 0 Å². The van der Waals surface area contributed by atoms with Gasteiger partial charge in [-0.25, -0.2) is 13.1 Å². The van der Waals surface area contributed by atoms with Crippen LogP contribution in [0.2, 0.25) is 0 Å². The Balaban J connectivity index is 2.29. The van der Waals surface area contributed by atoms with Crippen LogP contribution in [0.4, 0.5) is 0 Å². The molecule has 1 fully saturated rings. The zero-order chi connectivity index (χ0) is 11.3. The van der Waals surface area contributed by atoms with E-state index in [0.717, 1.165) is 13.1 Å². The van der Waals surface area contributed by atoms with Gasteiger partial charge < -0.3 is 0 Å². The summed E-state index contributed by atoms with van der Waals surface area (Å²) in [4.78, 5) is 2.34. The van der Waals surface area contributed by atoms with Crippen molar-refractivity contribution < 1.29 is 8.42 Å². The zero-order valence-electron chi connectivity index (χ0n) is 9.70. The summed E-state index contributed by atoms with van der Waals surface area (Å²) in [5.41, 5.74) is 0. The molecule has 1 rings (SSSR count). The van der Waals surface area contributed by atoms with Gasteiger partial charge in [0.05, 0.1) is 5.75 Å². The Morgan fingerprint density at radius 3 is 2.47 bits per heavy atom. The van der Waals surface area contributed by atoms with E-state index in [2.05, 4.69) is 16.5 Å². The molecule has 1 N–H and O–H groups in total. The van der Waals surface area contributed by atoms with Gasteiger partial charge in [0, 0.05) is 12.6 Å². The van der Waals surface area contributed by atoms with Crippen molar-refractivity contribution in [3.63, 3.8) is 0 Å². The molecule has 1 atom stereocenters. The fourth-order valence-corrected chi connectivity index (χ4v) is 3.08. The lowest BCUT2D eigenvalue weighted by atomic mass is 10.3. The van der Waals surface area contributed by atoms with Crippen LogP contribution in [0.1, 0.15) is 33.1 Å². The highest BCUT2D eigenvalue weighted by Gasteiger charge is 2.19. The van der Waals surface area contributed by atoms with E-state index in [1.165, 1.54) is 12.8 Å². The van der Waals surface area contributed by atoms with Crippen molar-refractivity contribution in [1.82, 2.24) is 9.62 Å². The summed E-state index contributed by atoms with van der Waals surface area (Å²) in [6.45, 7) is 6.72. The summed E-state index contributed by atoms with van der Waals surface area (Å²) < 4.78 is 25.5. The molecule has 1 aliphatic rings. The molecule has 1 heterocycles. The van der Waals surface area contributed by atoms with E-state index in [0.29, 0.717) is 19.0 Å². The molecule has 1 saturated heterocycles. The maximum atomic E-state index is 11.4. The van der Waals surface area contributed by atoms with Crippen molar-refractivity contribution >= 4 is 10.0 Å². The van der Waals surface area contributed by atoms with Gasteiger partial charge in [-0.15, -0.1) is 0 Å². The number of hydrogen-bond donors (Lipinski definition) is 1. The second-order valence-corrected chi connectivity index (χ2v) is 6.19. The van der Waals surface area contributed by atoms with Crippen LogP contribution >= 0.6 is 0 Å². The van der Waals surface area contributed by atoms with E-state index >= 15 is 0 Å². The van der Waals surface area contributed by atoms with E-state index in [9.17, 15) is 8.42 Å². The minimum Gasteiger partial charge on any atom is -0.299 e. The summed E-state index contributed by atoms with van der Waals surface area (Å²) in [5.74, 6) is 0.236. The number of likely N-dealkylation sites (tertiary alicyclic amines) is 1. The Morgan fingerprint density at radius 1 is 1.33 bits per heavy atom. The van der Waals surface area contributed by atoms with Crippen molar-refractivity contribution in [2.45, 2.75) is 39.2 Å². The van der Waals surface area contributed by atoms with Gasteiger partial charge in [-0.2, -0.15) is 0 Å². The number of sulfonamides is 1. The van der Waals surface area contributed by atoms with Crippen molar-refractivity contribution in [3.05, 3.63) is 0 Å². The highest BCUT2D eigenvalue weighted by atomic mass is 32.2. The van der Waals surface area contributed by atoms with Crippen molar-refractivity contribution in [3.8, 4) is 0 Å². The van der Waals surface area contributed by atoms with Crippen LogP contribution in [-0.2, 0) is 10.0 Å². The lowest BCUT2D eigenvalue weighted by molar-refractivity contribution is 0.260. The lowest BCUT2D eigenvalue weighted by Gasteiger charge is -2.23. The van der Waals surface area contributed by atoms with Gasteiger partial charge in [0.2, 0.25) is 10.0 Å². The van der Waals surface area contributed by atoms with Crippen molar-refractivity contribution in [2.75, 3.05) is 25.4 Å². The Labute approximate surface area is 93.1 Å². The Morgan fingerprint density at radius 2 is 1.93 bits per heavy atom. The molecule has 0 aromatic rings. The molecular formula is C10H22N2O2S. The number of nitrogens with zero attached hydrogens (tertiary/aromatic N) is 1. The standard InChI is InChI=1S/C10H22N2O2S/c1-3-8-15(13,14)11-9-10(2)12-6-4-5-7-12/h10-11H,3-9H2,1-2H3. The van der Waals surface area contributed by atoms with Crippen LogP contribution in [0, 0.1) is 0 Å².